The Morgan fingerprint density at radius 2 is 2.19 bits per heavy atom. The van der Waals surface area contributed by atoms with Crippen LogP contribution in [-0.2, 0) is 0 Å². The van der Waals surface area contributed by atoms with Gasteiger partial charge < -0.3 is 10.2 Å². The molecule has 1 atom stereocenters. The first kappa shape index (κ1) is 11.5. The zero-order valence-corrected chi connectivity index (χ0v) is 10.5. The van der Waals surface area contributed by atoms with Crippen LogP contribution in [0.4, 0.5) is 5.69 Å². The van der Waals surface area contributed by atoms with Gasteiger partial charge in [0.1, 0.15) is 0 Å². The highest BCUT2D eigenvalue weighted by Crippen LogP contribution is 2.20. The third kappa shape index (κ3) is 2.99. The van der Waals surface area contributed by atoms with Crippen molar-refractivity contribution in [3.05, 3.63) is 29.8 Å². The molecule has 1 aromatic carbocycles. The third-order valence-electron chi connectivity index (χ3n) is 3.35. The lowest BCUT2D eigenvalue weighted by atomic mass is 10.2. The molecular formula is C14H22N2. The van der Waals surface area contributed by atoms with E-state index in [9.17, 15) is 0 Å². The molecule has 88 valence electrons. The van der Waals surface area contributed by atoms with Gasteiger partial charge >= 0.3 is 0 Å². The maximum Gasteiger partial charge on any atom is 0.0383 e. The number of aryl methyl sites for hydroxylation is 1. The van der Waals surface area contributed by atoms with Crippen molar-refractivity contribution in [2.75, 3.05) is 18.5 Å². The summed E-state index contributed by atoms with van der Waals surface area (Å²) in [6.07, 6.45) is 2.72. The number of hydrogen-bond donors (Lipinski definition) is 1. The molecule has 0 aromatic heterocycles. The fourth-order valence-electron chi connectivity index (χ4n) is 1.86. The molecule has 1 N–H and O–H groups in total. The monoisotopic (exact) mass is 218 g/mol. The largest absolute Gasteiger partial charge is 0.371 e. The van der Waals surface area contributed by atoms with Gasteiger partial charge in [0, 0.05) is 31.4 Å². The normalized spacial score (nSPS) is 17.2. The maximum absolute atomic E-state index is 3.58. The molecule has 2 nitrogen and oxygen atoms in total. The molecule has 1 aromatic rings. The Bertz CT molecular complexity index is 344. The number of hydrogen-bond acceptors (Lipinski definition) is 2. The number of likely N-dealkylation sites (N-methyl/N-ethyl adjacent to an activating group) is 1. The van der Waals surface area contributed by atoms with Crippen molar-refractivity contribution in [3.63, 3.8) is 0 Å². The van der Waals surface area contributed by atoms with Gasteiger partial charge in [-0.1, -0.05) is 12.1 Å². The minimum absolute atomic E-state index is 0.544. The van der Waals surface area contributed by atoms with E-state index in [1.54, 1.807) is 0 Å². The van der Waals surface area contributed by atoms with Gasteiger partial charge in [-0.05, 0) is 44.4 Å². The van der Waals surface area contributed by atoms with Gasteiger partial charge in [-0.2, -0.15) is 0 Å². The van der Waals surface area contributed by atoms with E-state index in [-0.39, 0.29) is 0 Å². The van der Waals surface area contributed by atoms with Gasteiger partial charge in [0.05, 0.1) is 0 Å². The molecule has 1 fully saturated rings. The second-order valence-corrected chi connectivity index (χ2v) is 4.98. The molecule has 0 bridgehead atoms. The van der Waals surface area contributed by atoms with Crippen molar-refractivity contribution in [1.82, 2.24) is 5.32 Å². The highest BCUT2D eigenvalue weighted by molar-refractivity contribution is 5.48. The lowest BCUT2D eigenvalue weighted by Gasteiger charge is -2.27. The van der Waals surface area contributed by atoms with Crippen LogP contribution in [0.3, 0.4) is 0 Å². The molecule has 0 aliphatic heterocycles. The molecule has 2 heteroatoms. The highest BCUT2D eigenvalue weighted by atomic mass is 15.2. The third-order valence-corrected chi connectivity index (χ3v) is 3.35. The van der Waals surface area contributed by atoms with Crippen LogP contribution in [0.1, 0.15) is 25.3 Å². The first-order valence-electron chi connectivity index (χ1n) is 6.19. The smallest absolute Gasteiger partial charge is 0.0383 e. The van der Waals surface area contributed by atoms with Crippen LogP contribution in [-0.4, -0.2) is 25.7 Å². The van der Waals surface area contributed by atoms with Crippen molar-refractivity contribution < 1.29 is 0 Å². The fraction of sp³-hybridized carbons (Fsp3) is 0.571. The van der Waals surface area contributed by atoms with Crippen LogP contribution in [0.5, 0.6) is 0 Å². The Hall–Kier alpha value is -1.02. The second kappa shape index (κ2) is 4.88. The number of rotatable bonds is 5. The van der Waals surface area contributed by atoms with Crippen LogP contribution >= 0.6 is 0 Å². The SMILES string of the molecule is Cc1cccc(N(C)C(C)CNC2CC2)c1. The highest BCUT2D eigenvalue weighted by Gasteiger charge is 2.21. The fourth-order valence-corrected chi connectivity index (χ4v) is 1.86. The average Bonchev–Trinajstić information content (AvgIpc) is 3.08. The summed E-state index contributed by atoms with van der Waals surface area (Å²) in [5.74, 6) is 0. The lowest BCUT2D eigenvalue weighted by Crippen LogP contribution is -2.38. The molecular weight excluding hydrogens is 196 g/mol. The first-order valence-corrected chi connectivity index (χ1v) is 6.19. The molecule has 0 heterocycles. The summed E-state index contributed by atoms with van der Waals surface area (Å²) in [6.45, 7) is 5.50. The minimum atomic E-state index is 0.544. The molecule has 1 unspecified atom stereocenters. The van der Waals surface area contributed by atoms with E-state index in [4.69, 9.17) is 0 Å². The van der Waals surface area contributed by atoms with Gasteiger partial charge in [-0.3, -0.25) is 0 Å². The van der Waals surface area contributed by atoms with E-state index in [1.165, 1.54) is 24.1 Å². The number of nitrogens with one attached hydrogen (secondary N) is 1. The van der Waals surface area contributed by atoms with E-state index in [1.807, 2.05) is 0 Å². The summed E-state index contributed by atoms with van der Waals surface area (Å²) in [6, 6.07) is 10.0. The Morgan fingerprint density at radius 3 is 2.81 bits per heavy atom. The predicted octanol–water partition coefficient (Wildman–Crippen LogP) is 2.57. The first-order chi connectivity index (χ1) is 7.66. The summed E-state index contributed by atoms with van der Waals surface area (Å²) in [5.41, 5.74) is 2.64. The summed E-state index contributed by atoms with van der Waals surface area (Å²) in [5, 5.41) is 3.58. The molecule has 0 radical (unpaired) electrons. The minimum Gasteiger partial charge on any atom is -0.371 e. The lowest BCUT2D eigenvalue weighted by molar-refractivity contribution is 0.582. The zero-order chi connectivity index (χ0) is 11.5. The van der Waals surface area contributed by atoms with Gasteiger partial charge in [-0.25, -0.2) is 0 Å². The molecule has 2 rings (SSSR count). The Balaban J connectivity index is 1.91. The van der Waals surface area contributed by atoms with Crippen molar-refractivity contribution in [1.29, 1.82) is 0 Å². The number of anilines is 1. The molecule has 0 spiro atoms. The summed E-state index contributed by atoms with van der Waals surface area (Å²) in [7, 11) is 2.17. The molecule has 0 amide bonds. The standard InChI is InChI=1S/C14H22N2/c1-11-5-4-6-14(9-11)16(3)12(2)10-15-13-7-8-13/h4-6,9,12-13,15H,7-8,10H2,1-3H3. The van der Waals surface area contributed by atoms with Gasteiger partial charge in [0.25, 0.3) is 0 Å². The van der Waals surface area contributed by atoms with E-state index < -0.39 is 0 Å². The van der Waals surface area contributed by atoms with Crippen molar-refractivity contribution in [3.8, 4) is 0 Å². The molecule has 1 aliphatic rings. The van der Waals surface area contributed by atoms with Crippen LogP contribution in [0.25, 0.3) is 0 Å². The van der Waals surface area contributed by atoms with Crippen LogP contribution in [0, 0.1) is 6.92 Å². The average molecular weight is 218 g/mol. The van der Waals surface area contributed by atoms with Crippen molar-refractivity contribution >= 4 is 5.69 Å². The van der Waals surface area contributed by atoms with Crippen LogP contribution < -0.4 is 10.2 Å². The van der Waals surface area contributed by atoms with E-state index in [0.717, 1.165) is 12.6 Å². The number of nitrogens with zero attached hydrogens (tertiary/aromatic N) is 1. The Kier molecular flexibility index (Phi) is 3.49. The quantitative estimate of drug-likeness (QED) is 0.817. The molecule has 16 heavy (non-hydrogen) atoms. The molecule has 1 saturated carbocycles. The summed E-state index contributed by atoms with van der Waals surface area (Å²) in [4.78, 5) is 2.35. The van der Waals surface area contributed by atoms with Crippen molar-refractivity contribution in [2.45, 2.75) is 38.8 Å². The summed E-state index contributed by atoms with van der Waals surface area (Å²) >= 11 is 0. The van der Waals surface area contributed by atoms with Gasteiger partial charge in [-0.15, -0.1) is 0 Å². The van der Waals surface area contributed by atoms with Crippen LogP contribution in [0.15, 0.2) is 24.3 Å². The second-order valence-electron chi connectivity index (χ2n) is 4.98. The topological polar surface area (TPSA) is 15.3 Å². The Morgan fingerprint density at radius 1 is 1.44 bits per heavy atom. The van der Waals surface area contributed by atoms with E-state index >= 15 is 0 Å². The van der Waals surface area contributed by atoms with Gasteiger partial charge in [0.2, 0.25) is 0 Å². The molecule has 1 aliphatic carbocycles. The summed E-state index contributed by atoms with van der Waals surface area (Å²) < 4.78 is 0. The maximum atomic E-state index is 3.58. The van der Waals surface area contributed by atoms with Crippen LogP contribution in [0.2, 0.25) is 0 Å². The molecule has 0 saturated heterocycles. The predicted molar refractivity (Wildman–Crippen MR) is 70.1 cm³/mol. The zero-order valence-electron chi connectivity index (χ0n) is 10.5. The van der Waals surface area contributed by atoms with E-state index in [2.05, 4.69) is 55.4 Å². The van der Waals surface area contributed by atoms with Gasteiger partial charge in [0.15, 0.2) is 0 Å². The number of benzene rings is 1. The van der Waals surface area contributed by atoms with Crippen molar-refractivity contribution in [2.24, 2.45) is 0 Å². The van der Waals surface area contributed by atoms with E-state index in [0.29, 0.717) is 6.04 Å². The Labute approximate surface area is 98.7 Å².